The van der Waals surface area contributed by atoms with Crippen LogP contribution in [0.15, 0.2) is 42.6 Å². The molecule has 4 heterocycles. The minimum absolute atomic E-state index is 0.0810. The Kier molecular flexibility index (Phi) is 10.2. The molecule has 3 N–H and O–H groups in total. The molecule has 2 aromatic heterocycles. The Hall–Kier alpha value is -4.56. The van der Waals surface area contributed by atoms with Gasteiger partial charge >= 0.3 is 5.97 Å². The second-order valence-electron chi connectivity index (χ2n) is 12.8. The maximum Gasteiger partial charge on any atom is 0.309 e. The summed E-state index contributed by atoms with van der Waals surface area (Å²) in [5, 5.41) is 16.1. The molecule has 2 atom stereocenters. The summed E-state index contributed by atoms with van der Waals surface area (Å²) in [4.78, 5) is 43.1. The average molecular weight is 735 g/mol. The predicted molar refractivity (Wildman–Crippen MR) is 189 cm³/mol. The number of methoxy groups -OCH3 is 2. The summed E-state index contributed by atoms with van der Waals surface area (Å²) in [7, 11) is 3.07. The monoisotopic (exact) mass is 733 g/mol. The third-order valence-electron chi connectivity index (χ3n) is 9.54. The summed E-state index contributed by atoms with van der Waals surface area (Å²) < 4.78 is 17.5. The molecule has 13 nitrogen and oxygen atoms in total. The highest BCUT2D eigenvalue weighted by Gasteiger charge is 2.34. The Morgan fingerprint density at radius 1 is 0.961 bits per heavy atom. The summed E-state index contributed by atoms with van der Waals surface area (Å²) in [6, 6.07) is 12.0. The number of carbonyl (C=O) groups excluding carboxylic acids is 1. The molecule has 0 radical (unpaired) electrons. The normalized spacial score (nSPS) is 18.6. The van der Waals surface area contributed by atoms with Crippen LogP contribution < -0.4 is 24.8 Å². The van der Waals surface area contributed by atoms with Crippen LogP contribution in [0.5, 0.6) is 17.6 Å². The number of rotatable bonds is 13. The SMILES string of the molecule is COc1nc(-c2cccc(-c3cccc4c3CC[C@@H]4Oc3nc(OC)c(CN4CC(C(=O)O)C4)nc3Cl)c2Cl)cnc1CNC[C@@H]1CCC(=O)N1. The van der Waals surface area contributed by atoms with Crippen LogP contribution in [0.1, 0.15) is 47.9 Å². The van der Waals surface area contributed by atoms with Crippen molar-refractivity contribution in [1.82, 2.24) is 35.5 Å². The standard InChI is InChI=1S/C36H37Cl2N7O6/c1-49-33-27(14-39-13-20-9-12-30(46)41-20)40-15-26(43-33)25-8-4-7-24(31(25)37)21-5-3-6-23-22(21)10-11-29(23)51-35-32(38)42-28(34(44-35)50-2)18-45-16-19(17-45)36(47)48/h3-8,15,19-20,29,39H,9-14,16-18H2,1-2H3,(H,41,46)(H,47,48)/t20-,29-/m0/s1. The minimum atomic E-state index is -0.806. The van der Waals surface area contributed by atoms with E-state index in [1.54, 1.807) is 13.3 Å². The molecule has 1 aliphatic carbocycles. The number of hydrogen-bond acceptors (Lipinski definition) is 11. The summed E-state index contributed by atoms with van der Waals surface area (Å²) in [5.74, 6) is -0.257. The lowest BCUT2D eigenvalue weighted by atomic mass is 9.95. The number of nitrogens with one attached hydrogen (secondary N) is 2. The number of benzene rings is 2. The van der Waals surface area contributed by atoms with Crippen molar-refractivity contribution >= 4 is 35.1 Å². The van der Waals surface area contributed by atoms with Gasteiger partial charge in [0, 0.05) is 56.3 Å². The van der Waals surface area contributed by atoms with Crippen LogP contribution in [-0.4, -0.2) is 81.7 Å². The van der Waals surface area contributed by atoms with Gasteiger partial charge in [0.15, 0.2) is 5.15 Å². The molecule has 3 aliphatic rings. The molecule has 2 fully saturated rings. The molecule has 2 aliphatic heterocycles. The number of hydrogen-bond donors (Lipinski definition) is 3. The highest BCUT2D eigenvalue weighted by atomic mass is 35.5. The Morgan fingerprint density at radius 3 is 2.45 bits per heavy atom. The van der Waals surface area contributed by atoms with E-state index in [0.717, 1.165) is 40.7 Å². The topological polar surface area (TPSA) is 161 Å². The summed E-state index contributed by atoms with van der Waals surface area (Å²) in [6.45, 7) is 2.31. The number of halogens is 2. The Bertz CT molecular complexity index is 1970. The fraction of sp³-hybridized carbons (Fsp3) is 0.389. The van der Waals surface area contributed by atoms with Gasteiger partial charge in [-0.1, -0.05) is 59.6 Å². The number of nitrogens with zero attached hydrogens (tertiary/aromatic N) is 5. The highest BCUT2D eigenvalue weighted by molar-refractivity contribution is 6.36. The van der Waals surface area contributed by atoms with E-state index in [1.807, 2.05) is 35.2 Å². The van der Waals surface area contributed by atoms with E-state index < -0.39 is 5.97 Å². The fourth-order valence-electron chi connectivity index (χ4n) is 6.90. The number of ether oxygens (including phenoxy) is 3. The van der Waals surface area contributed by atoms with E-state index in [-0.39, 0.29) is 40.9 Å². The van der Waals surface area contributed by atoms with Crippen molar-refractivity contribution in [2.75, 3.05) is 33.9 Å². The third-order valence-corrected chi connectivity index (χ3v) is 10.2. The molecule has 2 saturated heterocycles. The third kappa shape index (κ3) is 7.29. The van der Waals surface area contributed by atoms with Gasteiger partial charge in [0.1, 0.15) is 17.5 Å². The lowest BCUT2D eigenvalue weighted by Gasteiger charge is -2.36. The summed E-state index contributed by atoms with van der Waals surface area (Å²) in [5.41, 5.74) is 6.46. The first-order valence-electron chi connectivity index (χ1n) is 16.8. The van der Waals surface area contributed by atoms with Crippen LogP contribution in [0.2, 0.25) is 10.2 Å². The van der Waals surface area contributed by atoms with Gasteiger partial charge in [0.05, 0.1) is 37.1 Å². The molecule has 266 valence electrons. The van der Waals surface area contributed by atoms with Crippen LogP contribution in [0.3, 0.4) is 0 Å². The van der Waals surface area contributed by atoms with Crippen LogP contribution in [-0.2, 0) is 29.1 Å². The van der Waals surface area contributed by atoms with Crippen LogP contribution in [0, 0.1) is 5.92 Å². The Labute approximate surface area is 304 Å². The van der Waals surface area contributed by atoms with Gasteiger partial charge in [-0.3, -0.25) is 19.5 Å². The zero-order valence-electron chi connectivity index (χ0n) is 28.1. The Morgan fingerprint density at radius 2 is 1.71 bits per heavy atom. The van der Waals surface area contributed by atoms with Crippen molar-refractivity contribution in [3.8, 4) is 40.0 Å². The molecule has 2 aromatic carbocycles. The van der Waals surface area contributed by atoms with Crippen molar-refractivity contribution in [3.05, 3.63) is 75.3 Å². The minimum Gasteiger partial charge on any atom is -0.481 e. The lowest BCUT2D eigenvalue weighted by Crippen LogP contribution is -2.49. The maximum atomic E-state index is 11.5. The molecule has 0 saturated carbocycles. The first kappa shape index (κ1) is 34.9. The zero-order valence-corrected chi connectivity index (χ0v) is 29.6. The van der Waals surface area contributed by atoms with Crippen molar-refractivity contribution in [2.45, 2.75) is 50.9 Å². The van der Waals surface area contributed by atoms with Gasteiger partial charge < -0.3 is 30.0 Å². The largest absolute Gasteiger partial charge is 0.481 e. The Balaban J connectivity index is 1.08. The number of amides is 1. The second kappa shape index (κ2) is 15.0. The van der Waals surface area contributed by atoms with E-state index in [2.05, 4.69) is 31.7 Å². The molecule has 15 heteroatoms. The first-order chi connectivity index (χ1) is 24.7. The zero-order chi connectivity index (χ0) is 35.6. The molecular weight excluding hydrogens is 697 g/mol. The van der Waals surface area contributed by atoms with Gasteiger partial charge in [-0.25, -0.2) is 9.97 Å². The number of fused-ring (bicyclic) bond motifs is 1. The van der Waals surface area contributed by atoms with E-state index in [1.165, 1.54) is 7.11 Å². The fourth-order valence-corrected chi connectivity index (χ4v) is 7.41. The number of carbonyl (C=O) groups is 2. The van der Waals surface area contributed by atoms with E-state index in [9.17, 15) is 14.7 Å². The second-order valence-corrected chi connectivity index (χ2v) is 13.6. The number of aliphatic carboxylic acids is 1. The van der Waals surface area contributed by atoms with Crippen LogP contribution in [0.4, 0.5) is 0 Å². The van der Waals surface area contributed by atoms with E-state index in [0.29, 0.717) is 73.5 Å². The van der Waals surface area contributed by atoms with E-state index >= 15 is 0 Å². The van der Waals surface area contributed by atoms with Crippen molar-refractivity contribution in [1.29, 1.82) is 0 Å². The number of carboxylic acids is 1. The van der Waals surface area contributed by atoms with Gasteiger partial charge in [-0.15, -0.1) is 0 Å². The van der Waals surface area contributed by atoms with Crippen molar-refractivity contribution < 1.29 is 28.9 Å². The molecule has 7 rings (SSSR count). The molecule has 0 bridgehead atoms. The van der Waals surface area contributed by atoms with Gasteiger partial charge in [0.2, 0.25) is 17.7 Å². The summed E-state index contributed by atoms with van der Waals surface area (Å²) in [6.07, 6.45) is 4.18. The quantitative estimate of drug-likeness (QED) is 0.171. The molecule has 1 amide bonds. The highest BCUT2D eigenvalue weighted by Crippen LogP contribution is 2.44. The smallest absolute Gasteiger partial charge is 0.309 e. The molecule has 51 heavy (non-hydrogen) atoms. The van der Waals surface area contributed by atoms with Crippen LogP contribution in [0.25, 0.3) is 22.4 Å². The van der Waals surface area contributed by atoms with E-state index in [4.69, 9.17) is 42.4 Å². The number of likely N-dealkylation sites (tertiary alicyclic amines) is 1. The van der Waals surface area contributed by atoms with Crippen molar-refractivity contribution in [3.63, 3.8) is 0 Å². The molecular formula is C36H37Cl2N7O6. The summed E-state index contributed by atoms with van der Waals surface area (Å²) >= 11 is 13.7. The van der Waals surface area contributed by atoms with Gasteiger partial charge in [-0.2, -0.15) is 4.98 Å². The lowest BCUT2D eigenvalue weighted by molar-refractivity contribution is -0.147. The molecule has 4 aromatic rings. The van der Waals surface area contributed by atoms with Crippen LogP contribution >= 0.6 is 23.2 Å². The maximum absolute atomic E-state index is 11.5. The number of aromatic nitrogens is 4. The van der Waals surface area contributed by atoms with Crippen molar-refractivity contribution in [2.24, 2.45) is 5.92 Å². The molecule has 0 unspecified atom stereocenters. The predicted octanol–water partition coefficient (Wildman–Crippen LogP) is 4.88. The molecule has 0 spiro atoms. The average Bonchev–Trinajstić information content (AvgIpc) is 3.72. The number of carboxylic acid groups (broad SMARTS) is 1. The van der Waals surface area contributed by atoms with Gasteiger partial charge in [0.25, 0.3) is 5.88 Å². The van der Waals surface area contributed by atoms with Gasteiger partial charge in [-0.05, 0) is 36.0 Å². The first-order valence-corrected chi connectivity index (χ1v) is 17.5.